The van der Waals surface area contributed by atoms with Crippen molar-refractivity contribution >= 4 is 23.6 Å². The number of aryl methyl sites for hydroxylation is 1. The first-order valence-electron chi connectivity index (χ1n) is 14.7. The Hall–Kier alpha value is -3.65. The second-order valence-electron chi connectivity index (χ2n) is 12.0. The Bertz CT molecular complexity index is 1200. The summed E-state index contributed by atoms with van der Waals surface area (Å²) >= 11 is 0. The maximum absolute atomic E-state index is 13.5. The van der Waals surface area contributed by atoms with Crippen molar-refractivity contribution in [3.8, 4) is 0 Å². The number of benzene rings is 2. The summed E-state index contributed by atoms with van der Waals surface area (Å²) in [5.74, 6) is -1.21. The summed E-state index contributed by atoms with van der Waals surface area (Å²) in [7, 11) is 1.51. The predicted octanol–water partition coefficient (Wildman–Crippen LogP) is 6.36. The van der Waals surface area contributed by atoms with Crippen LogP contribution >= 0.6 is 0 Å². The zero-order valence-corrected chi connectivity index (χ0v) is 25.8. The van der Waals surface area contributed by atoms with Gasteiger partial charge in [-0.05, 0) is 74.6 Å². The topological polar surface area (TPSA) is 91.4 Å². The van der Waals surface area contributed by atoms with E-state index in [-0.39, 0.29) is 18.9 Å². The Labute approximate surface area is 250 Å². The van der Waals surface area contributed by atoms with Gasteiger partial charge in [0.05, 0.1) is 13.2 Å². The van der Waals surface area contributed by atoms with E-state index in [1.54, 1.807) is 20.8 Å². The highest BCUT2D eigenvalue weighted by molar-refractivity contribution is 5.84. The van der Waals surface area contributed by atoms with E-state index in [9.17, 15) is 14.4 Å². The Kier molecular flexibility index (Phi) is 12.2. The summed E-state index contributed by atoms with van der Waals surface area (Å²) in [6.07, 6.45) is 2.28. The molecule has 8 heteroatoms. The molecule has 0 N–H and O–H groups in total. The fourth-order valence-corrected chi connectivity index (χ4v) is 4.56. The van der Waals surface area contributed by atoms with Gasteiger partial charge in [-0.15, -0.1) is 0 Å². The zero-order chi connectivity index (χ0) is 30.7. The lowest BCUT2D eigenvalue weighted by Crippen LogP contribution is -2.47. The van der Waals surface area contributed by atoms with Gasteiger partial charge in [0.15, 0.2) is 6.10 Å². The smallest absolute Gasteiger partial charge is 0.410 e. The minimum absolute atomic E-state index is 0.0640. The molecule has 1 aliphatic heterocycles. The van der Waals surface area contributed by atoms with E-state index in [0.29, 0.717) is 26.1 Å². The quantitative estimate of drug-likeness (QED) is 0.213. The summed E-state index contributed by atoms with van der Waals surface area (Å²) < 4.78 is 22.3. The monoisotopic (exact) mass is 579 g/mol. The molecule has 0 aromatic heterocycles. The SMILES string of the molecule is CC(C)C[C@@H](C(=O)O[C@H](CCc1ccc(C2=CCOCC2)cc1)C(=O)OCc1ccccc1)N(C)C(=O)OC(C)(C)C. The molecular formula is C34H45NO7. The second-order valence-corrected chi connectivity index (χ2v) is 12.0. The maximum Gasteiger partial charge on any atom is 0.410 e. The van der Waals surface area contributed by atoms with Gasteiger partial charge in [0, 0.05) is 7.05 Å². The van der Waals surface area contributed by atoms with Gasteiger partial charge >= 0.3 is 18.0 Å². The maximum atomic E-state index is 13.5. The van der Waals surface area contributed by atoms with Gasteiger partial charge in [-0.25, -0.2) is 14.4 Å². The fraction of sp³-hybridized carbons (Fsp3) is 0.500. The highest BCUT2D eigenvalue weighted by Crippen LogP contribution is 2.23. The third-order valence-corrected chi connectivity index (χ3v) is 6.84. The molecule has 2 atom stereocenters. The number of likely N-dealkylation sites (N-methyl/N-ethyl adjacent to an activating group) is 1. The van der Waals surface area contributed by atoms with E-state index in [2.05, 4.69) is 18.2 Å². The van der Waals surface area contributed by atoms with Gasteiger partial charge in [-0.2, -0.15) is 0 Å². The van der Waals surface area contributed by atoms with E-state index in [0.717, 1.165) is 23.1 Å². The van der Waals surface area contributed by atoms with Crippen molar-refractivity contribution in [3.05, 3.63) is 77.4 Å². The van der Waals surface area contributed by atoms with E-state index in [1.165, 1.54) is 17.5 Å². The molecule has 1 heterocycles. The summed E-state index contributed by atoms with van der Waals surface area (Å²) in [5, 5.41) is 0. The first-order valence-corrected chi connectivity index (χ1v) is 14.7. The molecule has 0 aliphatic carbocycles. The first-order chi connectivity index (χ1) is 19.9. The molecular weight excluding hydrogens is 534 g/mol. The number of carbonyl (C=O) groups is 3. The number of amides is 1. The van der Waals surface area contributed by atoms with Crippen molar-refractivity contribution < 1.29 is 33.3 Å². The van der Waals surface area contributed by atoms with Crippen molar-refractivity contribution in [3.63, 3.8) is 0 Å². The van der Waals surface area contributed by atoms with Crippen molar-refractivity contribution in [2.75, 3.05) is 20.3 Å². The number of nitrogens with zero attached hydrogens (tertiary/aromatic N) is 1. The predicted molar refractivity (Wildman–Crippen MR) is 162 cm³/mol. The molecule has 1 amide bonds. The average Bonchev–Trinajstić information content (AvgIpc) is 2.96. The van der Waals surface area contributed by atoms with Crippen LogP contribution in [-0.2, 0) is 41.6 Å². The molecule has 0 radical (unpaired) electrons. The van der Waals surface area contributed by atoms with Crippen LogP contribution in [-0.4, -0.2) is 60.9 Å². The molecule has 0 saturated heterocycles. The van der Waals surface area contributed by atoms with Crippen LogP contribution in [0.15, 0.2) is 60.7 Å². The van der Waals surface area contributed by atoms with Gasteiger partial charge in [0.2, 0.25) is 0 Å². The largest absolute Gasteiger partial charge is 0.458 e. The summed E-state index contributed by atoms with van der Waals surface area (Å²) in [6.45, 7) is 10.6. The van der Waals surface area contributed by atoms with E-state index in [1.807, 2.05) is 56.3 Å². The molecule has 0 bridgehead atoms. The number of hydrogen-bond acceptors (Lipinski definition) is 7. The van der Waals surface area contributed by atoms with Crippen LogP contribution in [0, 0.1) is 5.92 Å². The van der Waals surface area contributed by atoms with E-state index >= 15 is 0 Å². The summed E-state index contributed by atoms with van der Waals surface area (Å²) in [5.41, 5.74) is 3.52. The molecule has 8 nitrogen and oxygen atoms in total. The molecule has 3 rings (SSSR count). The Balaban J connectivity index is 1.74. The second kappa shape index (κ2) is 15.5. The molecule has 1 aliphatic rings. The lowest BCUT2D eigenvalue weighted by atomic mass is 9.98. The molecule has 0 unspecified atom stereocenters. The van der Waals surface area contributed by atoms with Gasteiger partial charge in [0.25, 0.3) is 0 Å². The standard InChI is InChI=1S/C34H45NO7/c1-24(2)22-29(35(6)33(38)42-34(3,4)5)31(36)41-30(32(37)40-23-26-10-8-7-9-11-26)17-14-25-12-15-27(16-13-25)28-18-20-39-21-19-28/h7-13,15-16,18,24,29-30H,14,17,19-23H2,1-6H3/t29-,30+/m0/s1. The number of ether oxygens (including phenoxy) is 4. The van der Waals surface area contributed by atoms with Crippen molar-refractivity contribution in [1.29, 1.82) is 0 Å². The summed E-state index contributed by atoms with van der Waals surface area (Å²) in [4.78, 5) is 40.8. The lowest BCUT2D eigenvalue weighted by molar-refractivity contribution is -0.172. The normalized spacial score (nSPS) is 14.9. The molecule has 0 saturated carbocycles. The van der Waals surface area contributed by atoms with Crippen LogP contribution < -0.4 is 0 Å². The minimum atomic E-state index is -1.14. The van der Waals surface area contributed by atoms with Crippen LogP contribution in [0.1, 0.15) is 70.6 Å². The van der Waals surface area contributed by atoms with E-state index < -0.39 is 35.8 Å². The molecule has 0 fully saturated rings. The average molecular weight is 580 g/mol. The van der Waals surface area contributed by atoms with Gasteiger partial charge < -0.3 is 18.9 Å². The minimum Gasteiger partial charge on any atom is -0.458 e. The molecule has 2 aromatic carbocycles. The highest BCUT2D eigenvalue weighted by Gasteiger charge is 2.35. The fourth-order valence-electron chi connectivity index (χ4n) is 4.56. The number of carbonyl (C=O) groups excluding carboxylic acids is 3. The third kappa shape index (κ3) is 10.6. The van der Waals surface area contributed by atoms with Crippen molar-refractivity contribution in [2.24, 2.45) is 5.92 Å². The van der Waals surface area contributed by atoms with Crippen molar-refractivity contribution in [1.82, 2.24) is 4.90 Å². The molecule has 2 aromatic rings. The highest BCUT2D eigenvalue weighted by atomic mass is 16.6. The lowest BCUT2D eigenvalue weighted by Gasteiger charge is -2.31. The van der Waals surface area contributed by atoms with Gasteiger partial charge in [-0.3, -0.25) is 4.90 Å². The van der Waals surface area contributed by atoms with Crippen LogP contribution in [0.3, 0.4) is 0 Å². The molecule has 42 heavy (non-hydrogen) atoms. The zero-order valence-electron chi connectivity index (χ0n) is 25.8. The number of hydrogen-bond donors (Lipinski definition) is 0. The Morgan fingerprint density at radius 3 is 2.24 bits per heavy atom. The number of rotatable bonds is 12. The van der Waals surface area contributed by atoms with Crippen LogP contribution in [0.2, 0.25) is 0 Å². The summed E-state index contributed by atoms with van der Waals surface area (Å²) in [6, 6.07) is 16.6. The van der Waals surface area contributed by atoms with Crippen LogP contribution in [0.25, 0.3) is 5.57 Å². The Morgan fingerprint density at radius 1 is 0.952 bits per heavy atom. The van der Waals surface area contributed by atoms with Gasteiger partial charge in [0.1, 0.15) is 18.2 Å². The Morgan fingerprint density at radius 2 is 1.64 bits per heavy atom. The molecule has 228 valence electrons. The van der Waals surface area contributed by atoms with Crippen LogP contribution in [0.4, 0.5) is 4.79 Å². The van der Waals surface area contributed by atoms with E-state index in [4.69, 9.17) is 18.9 Å². The first kappa shape index (κ1) is 32.9. The van der Waals surface area contributed by atoms with Gasteiger partial charge in [-0.1, -0.05) is 74.5 Å². The number of esters is 2. The third-order valence-electron chi connectivity index (χ3n) is 6.84. The molecule has 0 spiro atoms. The van der Waals surface area contributed by atoms with Crippen LogP contribution in [0.5, 0.6) is 0 Å². The van der Waals surface area contributed by atoms with Crippen molar-refractivity contribution in [2.45, 2.75) is 84.7 Å².